The highest BCUT2D eigenvalue weighted by atomic mass is 16.4. The van der Waals surface area contributed by atoms with Gasteiger partial charge in [-0.2, -0.15) is 0 Å². The fourth-order valence-corrected chi connectivity index (χ4v) is 2.90. The molecule has 0 bridgehead atoms. The lowest BCUT2D eigenvalue weighted by atomic mass is 9.93. The number of amidine groups is 1. The van der Waals surface area contributed by atoms with E-state index >= 15 is 0 Å². The van der Waals surface area contributed by atoms with Crippen molar-refractivity contribution in [2.45, 2.75) is 13.3 Å². The minimum absolute atomic E-state index is 0.100. The smallest absolute Gasteiger partial charge is 0.172 e. The van der Waals surface area contributed by atoms with E-state index in [-0.39, 0.29) is 5.84 Å². The average molecular weight is 282 g/mol. The van der Waals surface area contributed by atoms with Crippen LogP contribution in [0.1, 0.15) is 18.1 Å². The van der Waals surface area contributed by atoms with E-state index in [1.165, 1.54) is 5.56 Å². The molecule has 0 aliphatic carbocycles. The van der Waals surface area contributed by atoms with Crippen molar-refractivity contribution in [2.75, 3.05) is 11.4 Å². The van der Waals surface area contributed by atoms with Crippen molar-refractivity contribution in [1.82, 2.24) is 4.98 Å². The zero-order valence-electron chi connectivity index (χ0n) is 11.9. The molecule has 0 fully saturated rings. The molecule has 1 unspecified atom stereocenters. The molecule has 1 aliphatic heterocycles. The molecule has 2 aromatic rings. The molecule has 0 spiro atoms. The molecule has 1 aromatic heterocycles. The van der Waals surface area contributed by atoms with Crippen LogP contribution in [0, 0.1) is 5.92 Å². The summed E-state index contributed by atoms with van der Waals surface area (Å²) >= 11 is 0. The predicted molar refractivity (Wildman–Crippen MR) is 83.1 cm³/mol. The van der Waals surface area contributed by atoms with Gasteiger partial charge in [-0.3, -0.25) is 4.98 Å². The number of nitrogens with two attached hydrogens (primary N) is 1. The summed E-state index contributed by atoms with van der Waals surface area (Å²) in [6, 6.07) is 10.1. The van der Waals surface area contributed by atoms with Crippen molar-refractivity contribution in [3.8, 4) is 0 Å². The van der Waals surface area contributed by atoms with E-state index in [0.29, 0.717) is 11.5 Å². The number of benzene rings is 1. The fourth-order valence-electron chi connectivity index (χ4n) is 2.90. The maximum absolute atomic E-state index is 8.98. The molecule has 2 heterocycles. The topological polar surface area (TPSA) is 74.7 Å². The van der Waals surface area contributed by atoms with E-state index in [2.05, 4.69) is 40.2 Å². The lowest BCUT2D eigenvalue weighted by Gasteiger charge is -2.35. The van der Waals surface area contributed by atoms with Crippen LogP contribution >= 0.6 is 0 Å². The first-order chi connectivity index (χ1) is 10.2. The quantitative estimate of drug-likeness (QED) is 0.384. The highest BCUT2D eigenvalue weighted by molar-refractivity contribution is 6.02. The van der Waals surface area contributed by atoms with Crippen molar-refractivity contribution in [3.63, 3.8) is 0 Å². The van der Waals surface area contributed by atoms with Crippen molar-refractivity contribution in [1.29, 1.82) is 0 Å². The van der Waals surface area contributed by atoms with Gasteiger partial charge in [-0.05, 0) is 30.0 Å². The summed E-state index contributed by atoms with van der Waals surface area (Å²) < 4.78 is 0. The third-order valence-corrected chi connectivity index (χ3v) is 3.82. The van der Waals surface area contributed by atoms with Crippen molar-refractivity contribution >= 4 is 17.2 Å². The second-order valence-electron chi connectivity index (χ2n) is 5.43. The summed E-state index contributed by atoms with van der Waals surface area (Å²) in [7, 11) is 0. The number of aromatic nitrogens is 1. The SMILES string of the molecule is CC1Cc2ccccc2N(c2cnccc2/C(N)=N/O)C1. The van der Waals surface area contributed by atoms with Gasteiger partial charge in [-0.1, -0.05) is 30.3 Å². The van der Waals surface area contributed by atoms with Gasteiger partial charge < -0.3 is 15.8 Å². The Morgan fingerprint density at radius 2 is 2.14 bits per heavy atom. The zero-order chi connectivity index (χ0) is 14.8. The Balaban J connectivity index is 2.13. The molecule has 3 N–H and O–H groups in total. The molecule has 3 rings (SSSR count). The van der Waals surface area contributed by atoms with Crippen LogP contribution in [0.3, 0.4) is 0 Å². The summed E-state index contributed by atoms with van der Waals surface area (Å²) in [4.78, 5) is 6.40. The van der Waals surface area contributed by atoms with Gasteiger partial charge in [-0.25, -0.2) is 0 Å². The summed E-state index contributed by atoms with van der Waals surface area (Å²) in [6.45, 7) is 3.11. The van der Waals surface area contributed by atoms with Gasteiger partial charge in [0.05, 0.1) is 11.9 Å². The number of fused-ring (bicyclic) bond motifs is 1. The molecule has 1 aromatic carbocycles. The number of rotatable bonds is 2. The number of nitrogens with zero attached hydrogens (tertiary/aromatic N) is 3. The maximum atomic E-state index is 8.98. The molecule has 5 heteroatoms. The van der Waals surface area contributed by atoms with Gasteiger partial charge in [0, 0.05) is 24.0 Å². The summed E-state index contributed by atoms with van der Waals surface area (Å²) in [5.74, 6) is 0.628. The molecule has 21 heavy (non-hydrogen) atoms. The van der Waals surface area contributed by atoms with Crippen LogP contribution in [0.25, 0.3) is 0 Å². The summed E-state index contributed by atoms with van der Waals surface area (Å²) in [5.41, 5.74) is 9.83. The molecule has 0 saturated carbocycles. The van der Waals surface area contributed by atoms with E-state index in [0.717, 1.165) is 24.3 Å². The molecule has 1 atom stereocenters. The fraction of sp³-hybridized carbons (Fsp3) is 0.250. The number of oxime groups is 1. The molecular formula is C16H18N4O. The van der Waals surface area contributed by atoms with Gasteiger partial charge in [0.15, 0.2) is 5.84 Å². The Labute approximate surface area is 123 Å². The summed E-state index contributed by atoms with van der Waals surface area (Å²) in [6.07, 6.45) is 4.48. The average Bonchev–Trinajstić information content (AvgIpc) is 2.53. The predicted octanol–water partition coefficient (Wildman–Crippen LogP) is 2.51. The Hall–Kier alpha value is -2.56. The molecular weight excluding hydrogens is 264 g/mol. The van der Waals surface area contributed by atoms with E-state index < -0.39 is 0 Å². The van der Waals surface area contributed by atoms with Crippen LogP contribution in [0.15, 0.2) is 47.9 Å². The number of hydrogen-bond donors (Lipinski definition) is 2. The Bertz CT molecular complexity index is 683. The van der Waals surface area contributed by atoms with Gasteiger partial charge in [-0.15, -0.1) is 0 Å². The molecule has 108 valence electrons. The first-order valence-corrected chi connectivity index (χ1v) is 6.98. The van der Waals surface area contributed by atoms with Crippen LogP contribution < -0.4 is 10.6 Å². The monoisotopic (exact) mass is 282 g/mol. The second-order valence-corrected chi connectivity index (χ2v) is 5.43. The third kappa shape index (κ3) is 2.42. The standard InChI is InChI=1S/C16H18N4O/c1-11-8-12-4-2-3-5-14(12)20(10-11)15-9-18-7-6-13(15)16(17)19-21/h2-7,9,11,21H,8,10H2,1H3,(H2,17,19). The third-order valence-electron chi connectivity index (χ3n) is 3.82. The van der Waals surface area contributed by atoms with Crippen LogP contribution in [0.4, 0.5) is 11.4 Å². The number of hydrogen-bond acceptors (Lipinski definition) is 4. The van der Waals surface area contributed by atoms with Crippen LogP contribution in [0.5, 0.6) is 0 Å². The van der Waals surface area contributed by atoms with E-state index in [4.69, 9.17) is 10.9 Å². The van der Waals surface area contributed by atoms with Crippen LogP contribution in [-0.4, -0.2) is 22.6 Å². The Morgan fingerprint density at radius 3 is 2.95 bits per heavy atom. The maximum Gasteiger partial charge on any atom is 0.172 e. The largest absolute Gasteiger partial charge is 0.409 e. The Kier molecular flexibility index (Phi) is 3.48. The molecule has 1 aliphatic rings. The van der Waals surface area contributed by atoms with Crippen molar-refractivity contribution < 1.29 is 5.21 Å². The van der Waals surface area contributed by atoms with E-state index in [9.17, 15) is 0 Å². The molecule has 0 saturated heterocycles. The van der Waals surface area contributed by atoms with E-state index in [1.807, 2.05) is 6.07 Å². The zero-order valence-corrected chi connectivity index (χ0v) is 11.9. The second kappa shape index (κ2) is 5.44. The first-order valence-electron chi connectivity index (χ1n) is 6.98. The number of anilines is 2. The molecule has 5 nitrogen and oxygen atoms in total. The lowest BCUT2D eigenvalue weighted by molar-refractivity contribution is 0.318. The lowest BCUT2D eigenvalue weighted by Crippen LogP contribution is -2.32. The van der Waals surface area contributed by atoms with Crippen molar-refractivity contribution in [3.05, 3.63) is 53.9 Å². The highest BCUT2D eigenvalue weighted by Gasteiger charge is 2.25. The normalized spacial score (nSPS) is 18.4. The van der Waals surface area contributed by atoms with Crippen LogP contribution in [0.2, 0.25) is 0 Å². The number of pyridine rings is 1. The number of para-hydroxylation sites is 1. The van der Waals surface area contributed by atoms with Crippen molar-refractivity contribution in [2.24, 2.45) is 16.8 Å². The minimum atomic E-state index is 0.100. The van der Waals surface area contributed by atoms with Crippen LogP contribution in [-0.2, 0) is 6.42 Å². The van der Waals surface area contributed by atoms with Gasteiger partial charge in [0.1, 0.15) is 0 Å². The molecule has 0 amide bonds. The highest BCUT2D eigenvalue weighted by Crippen LogP contribution is 2.36. The van der Waals surface area contributed by atoms with E-state index in [1.54, 1.807) is 18.5 Å². The van der Waals surface area contributed by atoms with Gasteiger partial charge in [0.2, 0.25) is 0 Å². The molecule has 0 radical (unpaired) electrons. The minimum Gasteiger partial charge on any atom is -0.409 e. The Morgan fingerprint density at radius 1 is 1.33 bits per heavy atom. The first kappa shape index (κ1) is 13.4. The van der Waals surface area contributed by atoms with Gasteiger partial charge >= 0.3 is 0 Å². The van der Waals surface area contributed by atoms with Gasteiger partial charge in [0.25, 0.3) is 0 Å². The summed E-state index contributed by atoms with van der Waals surface area (Å²) in [5, 5.41) is 12.1.